The summed E-state index contributed by atoms with van der Waals surface area (Å²) in [5, 5.41) is 5.33. The van der Waals surface area contributed by atoms with Gasteiger partial charge in [-0.15, -0.1) is 11.3 Å². The number of carbonyl (C=O) groups excluding carboxylic acids is 2. The third kappa shape index (κ3) is 3.41. The molecule has 3 rings (SSSR count). The van der Waals surface area contributed by atoms with Crippen molar-refractivity contribution in [1.82, 2.24) is 10.3 Å². The molecule has 0 saturated carbocycles. The van der Waals surface area contributed by atoms with E-state index >= 15 is 0 Å². The number of carbonyl (C=O) groups is 2. The van der Waals surface area contributed by atoms with E-state index in [2.05, 4.69) is 10.3 Å². The molecule has 0 spiro atoms. The maximum absolute atomic E-state index is 12.2. The molecule has 1 aliphatic rings. The monoisotopic (exact) mass is 345 g/mol. The first-order chi connectivity index (χ1) is 11.6. The van der Waals surface area contributed by atoms with Crippen molar-refractivity contribution < 1.29 is 14.3 Å². The fourth-order valence-corrected chi connectivity index (χ4v) is 3.11. The molecule has 1 N–H and O–H groups in total. The van der Waals surface area contributed by atoms with Crippen molar-refractivity contribution in [2.75, 3.05) is 11.5 Å². The lowest BCUT2D eigenvalue weighted by molar-refractivity contribution is -0.121. The molecular formula is C17H19N3O3S. The number of anilines is 1. The SMILES string of the molecule is CC[C@@H](C)NC(=O)c1csc(CN2C(=O)COc3ccccc32)n1. The topological polar surface area (TPSA) is 71.5 Å². The summed E-state index contributed by atoms with van der Waals surface area (Å²) in [6.45, 7) is 4.32. The largest absolute Gasteiger partial charge is 0.482 e. The lowest BCUT2D eigenvalue weighted by Gasteiger charge is -2.28. The zero-order valence-corrected chi connectivity index (χ0v) is 14.4. The highest BCUT2D eigenvalue weighted by Gasteiger charge is 2.26. The van der Waals surface area contributed by atoms with Crippen LogP contribution in [0.4, 0.5) is 5.69 Å². The van der Waals surface area contributed by atoms with Gasteiger partial charge in [-0.1, -0.05) is 19.1 Å². The Morgan fingerprint density at radius 2 is 2.25 bits per heavy atom. The third-order valence-electron chi connectivity index (χ3n) is 3.88. The van der Waals surface area contributed by atoms with Crippen LogP contribution >= 0.6 is 11.3 Å². The highest BCUT2D eigenvalue weighted by molar-refractivity contribution is 7.09. The summed E-state index contributed by atoms with van der Waals surface area (Å²) in [6.07, 6.45) is 0.863. The Labute approximate surface area is 144 Å². The van der Waals surface area contributed by atoms with Gasteiger partial charge in [0, 0.05) is 11.4 Å². The Hall–Kier alpha value is -2.41. The first-order valence-electron chi connectivity index (χ1n) is 7.86. The van der Waals surface area contributed by atoms with Gasteiger partial charge in [-0.3, -0.25) is 14.5 Å². The molecule has 1 aromatic heterocycles. The van der Waals surface area contributed by atoms with Gasteiger partial charge < -0.3 is 10.1 Å². The molecule has 1 aliphatic heterocycles. The Balaban J connectivity index is 1.75. The molecule has 2 aromatic rings. The Morgan fingerprint density at radius 3 is 3.04 bits per heavy atom. The quantitative estimate of drug-likeness (QED) is 0.904. The molecule has 0 unspecified atom stereocenters. The average molecular weight is 345 g/mol. The van der Waals surface area contributed by atoms with Crippen molar-refractivity contribution in [3.63, 3.8) is 0 Å². The van der Waals surface area contributed by atoms with Crippen LogP contribution in [0.5, 0.6) is 5.75 Å². The average Bonchev–Trinajstić information content (AvgIpc) is 3.06. The highest BCUT2D eigenvalue weighted by Crippen LogP contribution is 2.32. The number of hydrogen-bond donors (Lipinski definition) is 1. The van der Waals surface area contributed by atoms with Crippen molar-refractivity contribution in [3.8, 4) is 5.75 Å². The van der Waals surface area contributed by atoms with Gasteiger partial charge in [0.15, 0.2) is 6.61 Å². The van der Waals surface area contributed by atoms with E-state index < -0.39 is 0 Å². The van der Waals surface area contributed by atoms with Gasteiger partial charge in [0.1, 0.15) is 16.5 Å². The molecule has 0 aliphatic carbocycles. The van der Waals surface area contributed by atoms with Crippen LogP contribution in [0, 0.1) is 0 Å². The van der Waals surface area contributed by atoms with E-state index in [1.165, 1.54) is 11.3 Å². The molecule has 1 atom stereocenters. The van der Waals surface area contributed by atoms with Crippen LogP contribution in [-0.2, 0) is 11.3 Å². The predicted octanol–water partition coefficient (Wildman–Crippen LogP) is 2.60. The van der Waals surface area contributed by atoms with E-state index in [-0.39, 0.29) is 24.5 Å². The smallest absolute Gasteiger partial charge is 0.270 e. The normalized spacial score (nSPS) is 14.8. The van der Waals surface area contributed by atoms with Crippen LogP contribution in [-0.4, -0.2) is 29.4 Å². The molecule has 2 heterocycles. The van der Waals surface area contributed by atoms with Crippen LogP contribution in [0.25, 0.3) is 0 Å². The Morgan fingerprint density at radius 1 is 1.46 bits per heavy atom. The molecule has 0 fully saturated rings. The maximum atomic E-state index is 12.2. The molecule has 2 amide bonds. The number of nitrogens with one attached hydrogen (secondary N) is 1. The number of benzene rings is 1. The fourth-order valence-electron chi connectivity index (χ4n) is 2.35. The number of ether oxygens (including phenoxy) is 1. The Kier molecular flexibility index (Phi) is 4.80. The highest BCUT2D eigenvalue weighted by atomic mass is 32.1. The van der Waals surface area contributed by atoms with E-state index in [0.717, 1.165) is 12.1 Å². The summed E-state index contributed by atoms with van der Waals surface area (Å²) in [5.74, 6) is 0.387. The second-order valence-corrected chi connectivity index (χ2v) is 6.59. The van der Waals surface area contributed by atoms with Crippen molar-refractivity contribution in [2.45, 2.75) is 32.9 Å². The summed E-state index contributed by atoms with van der Waals surface area (Å²) in [5.41, 5.74) is 1.12. The number of hydrogen-bond acceptors (Lipinski definition) is 5. The van der Waals surface area contributed by atoms with Crippen molar-refractivity contribution in [2.24, 2.45) is 0 Å². The first-order valence-corrected chi connectivity index (χ1v) is 8.74. The second-order valence-electron chi connectivity index (χ2n) is 5.65. The number of thiazole rings is 1. The number of para-hydroxylation sites is 2. The van der Waals surface area contributed by atoms with Crippen molar-refractivity contribution >= 4 is 28.8 Å². The molecule has 0 bridgehead atoms. The Bertz CT molecular complexity index is 759. The van der Waals surface area contributed by atoms with E-state index in [1.807, 2.05) is 38.1 Å². The molecule has 0 radical (unpaired) electrons. The van der Waals surface area contributed by atoms with Gasteiger partial charge in [0.05, 0.1) is 12.2 Å². The van der Waals surface area contributed by atoms with E-state index in [0.29, 0.717) is 23.0 Å². The van der Waals surface area contributed by atoms with Gasteiger partial charge in [-0.25, -0.2) is 4.98 Å². The number of fused-ring (bicyclic) bond motifs is 1. The van der Waals surface area contributed by atoms with Crippen molar-refractivity contribution in [1.29, 1.82) is 0 Å². The summed E-state index contributed by atoms with van der Waals surface area (Å²) >= 11 is 1.38. The summed E-state index contributed by atoms with van der Waals surface area (Å²) in [4.78, 5) is 30.3. The van der Waals surface area contributed by atoms with Crippen molar-refractivity contribution in [3.05, 3.63) is 40.3 Å². The van der Waals surface area contributed by atoms with Gasteiger partial charge >= 0.3 is 0 Å². The fraction of sp³-hybridized carbons (Fsp3) is 0.353. The maximum Gasteiger partial charge on any atom is 0.270 e. The number of amides is 2. The van der Waals surface area contributed by atoms with E-state index in [9.17, 15) is 9.59 Å². The van der Waals surface area contributed by atoms with E-state index in [4.69, 9.17) is 4.74 Å². The van der Waals surface area contributed by atoms with Crippen LogP contribution in [0.3, 0.4) is 0 Å². The van der Waals surface area contributed by atoms with Crippen LogP contribution in [0.1, 0.15) is 35.8 Å². The number of rotatable bonds is 5. The zero-order chi connectivity index (χ0) is 17.1. The molecule has 7 heteroatoms. The molecule has 1 aromatic carbocycles. The second kappa shape index (κ2) is 7.00. The third-order valence-corrected chi connectivity index (χ3v) is 4.71. The van der Waals surface area contributed by atoms with Crippen LogP contribution < -0.4 is 15.0 Å². The first kappa shape index (κ1) is 16.4. The molecule has 0 saturated heterocycles. The minimum Gasteiger partial charge on any atom is -0.482 e. The lowest BCUT2D eigenvalue weighted by Crippen LogP contribution is -2.38. The standard InChI is InChI=1S/C17H19N3O3S/c1-3-11(2)18-17(22)12-10-24-15(19-12)8-20-13-6-4-5-7-14(13)23-9-16(20)21/h4-7,10-11H,3,8-9H2,1-2H3,(H,18,22)/t11-/m1/s1. The van der Waals surface area contributed by atoms with Gasteiger partial charge in [-0.05, 0) is 25.5 Å². The summed E-state index contributed by atoms with van der Waals surface area (Å²) < 4.78 is 5.43. The predicted molar refractivity (Wildman–Crippen MR) is 92.5 cm³/mol. The minimum absolute atomic E-state index is 0.0176. The summed E-state index contributed by atoms with van der Waals surface area (Å²) in [7, 11) is 0. The van der Waals surface area contributed by atoms with Gasteiger partial charge in [0.2, 0.25) is 0 Å². The van der Waals surface area contributed by atoms with Gasteiger partial charge in [-0.2, -0.15) is 0 Å². The van der Waals surface area contributed by atoms with Crippen LogP contribution in [0.15, 0.2) is 29.6 Å². The lowest BCUT2D eigenvalue weighted by atomic mass is 10.2. The van der Waals surface area contributed by atoms with Gasteiger partial charge in [0.25, 0.3) is 11.8 Å². The molecule has 24 heavy (non-hydrogen) atoms. The summed E-state index contributed by atoms with van der Waals surface area (Å²) in [6, 6.07) is 7.52. The number of nitrogens with zero attached hydrogens (tertiary/aromatic N) is 2. The molecule has 6 nitrogen and oxygen atoms in total. The number of aromatic nitrogens is 1. The van der Waals surface area contributed by atoms with Crippen LogP contribution in [0.2, 0.25) is 0 Å². The minimum atomic E-state index is -0.180. The zero-order valence-electron chi connectivity index (χ0n) is 13.6. The van der Waals surface area contributed by atoms with E-state index in [1.54, 1.807) is 10.3 Å². The molecular weight excluding hydrogens is 326 g/mol. The molecule has 126 valence electrons.